The Hall–Kier alpha value is -0.740. The van der Waals surface area contributed by atoms with Gasteiger partial charge in [-0.2, -0.15) is 13.2 Å². The number of ether oxygens (including phenoxy) is 1. The predicted molar refractivity (Wildman–Crippen MR) is 75.7 cm³/mol. The molecule has 0 aromatic carbocycles. The molecule has 0 bridgehead atoms. The maximum atomic E-state index is 13.0. The molecule has 21 heavy (non-hydrogen) atoms. The third kappa shape index (κ3) is 4.13. The van der Waals surface area contributed by atoms with Crippen LogP contribution in [0.25, 0.3) is 0 Å². The molecule has 1 atom stereocenters. The van der Waals surface area contributed by atoms with E-state index in [0.29, 0.717) is 18.8 Å². The lowest BCUT2D eigenvalue weighted by molar-refractivity contribution is -0.234. The van der Waals surface area contributed by atoms with Crippen molar-refractivity contribution in [2.45, 2.75) is 79.0 Å². The Labute approximate surface area is 125 Å². The average molecular weight is 308 g/mol. The van der Waals surface area contributed by atoms with Gasteiger partial charge in [0.2, 0.25) is 0 Å². The third-order valence-corrected chi connectivity index (χ3v) is 4.96. The Balaban J connectivity index is 2.62. The van der Waals surface area contributed by atoms with Gasteiger partial charge in [-0.25, -0.2) is 0 Å². The molecule has 0 N–H and O–H groups in total. The summed E-state index contributed by atoms with van der Waals surface area (Å²) >= 11 is 0. The summed E-state index contributed by atoms with van der Waals surface area (Å²) < 4.78 is 44.3. The number of esters is 1. The SMILES string of the molecule is CCC(C)(C(=O)OC1CCC(C(C)(C)C)CC1)C(F)(F)F. The Morgan fingerprint density at radius 1 is 1.05 bits per heavy atom. The number of hydrogen-bond acceptors (Lipinski definition) is 2. The van der Waals surface area contributed by atoms with Gasteiger partial charge in [-0.3, -0.25) is 4.79 Å². The van der Waals surface area contributed by atoms with E-state index in [-0.39, 0.29) is 17.9 Å². The molecule has 124 valence electrons. The summed E-state index contributed by atoms with van der Waals surface area (Å²) in [6.45, 7) is 8.80. The highest BCUT2D eigenvalue weighted by Crippen LogP contribution is 2.43. The normalized spacial score (nSPS) is 27.0. The minimum absolute atomic E-state index is 0.193. The van der Waals surface area contributed by atoms with E-state index < -0.39 is 17.6 Å². The third-order valence-electron chi connectivity index (χ3n) is 4.96. The van der Waals surface area contributed by atoms with Gasteiger partial charge in [-0.15, -0.1) is 0 Å². The zero-order valence-corrected chi connectivity index (χ0v) is 13.6. The number of carbonyl (C=O) groups excluding carboxylic acids is 1. The van der Waals surface area contributed by atoms with Gasteiger partial charge in [0.15, 0.2) is 5.41 Å². The van der Waals surface area contributed by atoms with Crippen molar-refractivity contribution in [2.75, 3.05) is 0 Å². The second-order valence-electron chi connectivity index (χ2n) is 7.43. The largest absolute Gasteiger partial charge is 0.462 e. The molecule has 1 aliphatic rings. The summed E-state index contributed by atoms with van der Waals surface area (Å²) in [5.41, 5.74) is -2.20. The fourth-order valence-electron chi connectivity index (χ4n) is 2.79. The molecule has 2 nitrogen and oxygen atoms in total. The van der Waals surface area contributed by atoms with E-state index in [0.717, 1.165) is 19.8 Å². The van der Waals surface area contributed by atoms with Crippen LogP contribution in [0.5, 0.6) is 0 Å². The van der Waals surface area contributed by atoms with E-state index >= 15 is 0 Å². The summed E-state index contributed by atoms with van der Waals surface area (Å²) in [5, 5.41) is 0. The van der Waals surface area contributed by atoms with Crippen LogP contribution in [0.3, 0.4) is 0 Å². The van der Waals surface area contributed by atoms with Crippen LogP contribution < -0.4 is 0 Å². The lowest BCUT2D eigenvalue weighted by Gasteiger charge is -2.38. The van der Waals surface area contributed by atoms with Crippen LogP contribution in [-0.4, -0.2) is 18.2 Å². The average Bonchev–Trinajstić information content (AvgIpc) is 2.35. The van der Waals surface area contributed by atoms with Gasteiger partial charge in [0, 0.05) is 0 Å². The summed E-state index contributed by atoms with van der Waals surface area (Å²) in [7, 11) is 0. The van der Waals surface area contributed by atoms with Crippen LogP contribution in [0.2, 0.25) is 0 Å². The number of halogens is 3. The highest BCUT2D eigenvalue weighted by atomic mass is 19.4. The Kier molecular flexibility index (Phi) is 5.38. The molecule has 0 saturated heterocycles. The molecule has 1 rings (SSSR count). The summed E-state index contributed by atoms with van der Waals surface area (Å²) in [4.78, 5) is 11.9. The van der Waals surface area contributed by atoms with Gasteiger partial charge in [0.1, 0.15) is 6.10 Å². The lowest BCUT2D eigenvalue weighted by atomic mass is 9.72. The predicted octanol–water partition coefficient (Wildman–Crippen LogP) is 5.11. The molecular formula is C16H27F3O2. The van der Waals surface area contributed by atoms with Gasteiger partial charge >= 0.3 is 12.1 Å². The minimum Gasteiger partial charge on any atom is -0.462 e. The van der Waals surface area contributed by atoms with E-state index in [1.165, 1.54) is 6.92 Å². The first kappa shape index (κ1) is 18.3. The smallest absolute Gasteiger partial charge is 0.404 e. The minimum atomic E-state index is -4.57. The number of alkyl halides is 3. The van der Waals surface area contributed by atoms with Crippen LogP contribution in [-0.2, 0) is 9.53 Å². The first-order valence-electron chi connectivity index (χ1n) is 7.69. The molecule has 1 unspecified atom stereocenters. The maximum Gasteiger partial charge on any atom is 0.404 e. The topological polar surface area (TPSA) is 26.3 Å². The van der Waals surface area contributed by atoms with Gasteiger partial charge in [-0.05, 0) is 50.4 Å². The summed E-state index contributed by atoms with van der Waals surface area (Å²) in [5.74, 6) is -0.593. The number of carbonyl (C=O) groups is 1. The summed E-state index contributed by atoms with van der Waals surface area (Å²) in [6.07, 6.45) is -2.12. The van der Waals surface area contributed by atoms with E-state index in [1.807, 2.05) is 0 Å². The number of rotatable bonds is 3. The van der Waals surface area contributed by atoms with Crippen molar-refractivity contribution < 1.29 is 22.7 Å². The van der Waals surface area contributed by atoms with Crippen molar-refractivity contribution in [1.29, 1.82) is 0 Å². The van der Waals surface area contributed by atoms with Crippen LogP contribution in [0.15, 0.2) is 0 Å². The highest BCUT2D eigenvalue weighted by molar-refractivity contribution is 5.77. The molecule has 0 aromatic heterocycles. The van der Waals surface area contributed by atoms with Crippen molar-refractivity contribution in [3.63, 3.8) is 0 Å². The first-order chi connectivity index (χ1) is 9.41. The lowest BCUT2D eigenvalue weighted by Crippen LogP contribution is -2.45. The van der Waals surface area contributed by atoms with Gasteiger partial charge < -0.3 is 4.74 Å². The van der Waals surface area contributed by atoms with Gasteiger partial charge in [0.25, 0.3) is 0 Å². The monoisotopic (exact) mass is 308 g/mol. The zero-order chi connectivity index (χ0) is 16.5. The quantitative estimate of drug-likeness (QED) is 0.677. The molecule has 0 radical (unpaired) electrons. The van der Waals surface area contributed by atoms with Crippen LogP contribution in [0, 0.1) is 16.7 Å². The molecule has 0 spiro atoms. The first-order valence-corrected chi connectivity index (χ1v) is 7.69. The van der Waals surface area contributed by atoms with Crippen molar-refractivity contribution in [3.05, 3.63) is 0 Å². The van der Waals surface area contributed by atoms with Crippen molar-refractivity contribution in [2.24, 2.45) is 16.7 Å². The van der Waals surface area contributed by atoms with Crippen LogP contribution in [0.4, 0.5) is 13.2 Å². The molecule has 5 heteroatoms. The second kappa shape index (κ2) is 6.17. The molecule has 1 aliphatic carbocycles. The fourth-order valence-corrected chi connectivity index (χ4v) is 2.79. The molecule has 1 fully saturated rings. The Bertz CT molecular complexity index is 363. The molecule has 1 saturated carbocycles. The van der Waals surface area contributed by atoms with E-state index in [1.54, 1.807) is 0 Å². The fraction of sp³-hybridized carbons (Fsp3) is 0.938. The zero-order valence-electron chi connectivity index (χ0n) is 13.6. The van der Waals surface area contributed by atoms with E-state index in [2.05, 4.69) is 20.8 Å². The highest BCUT2D eigenvalue weighted by Gasteiger charge is 2.57. The van der Waals surface area contributed by atoms with E-state index in [9.17, 15) is 18.0 Å². The number of hydrogen-bond donors (Lipinski definition) is 0. The van der Waals surface area contributed by atoms with E-state index in [4.69, 9.17) is 4.74 Å². The van der Waals surface area contributed by atoms with Crippen LogP contribution in [0.1, 0.15) is 66.7 Å². The van der Waals surface area contributed by atoms with Gasteiger partial charge in [-0.1, -0.05) is 27.7 Å². The van der Waals surface area contributed by atoms with Crippen molar-refractivity contribution in [1.82, 2.24) is 0 Å². The second-order valence-corrected chi connectivity index (χ2v) is 7.43. The van der Waals surface area contributed by atoms with Crippen molar-refractivity contribution in [3.8, 4) is 0 Å². The Morgan fingerprint density at radius 2 is 1.52 bits per heavy atom. The van der Waals surface area contributed by atoms with Crippen molar-refractivity contribution >= 4 is 5.97 Å². The molecule has 0 heterocycles. The molecule has 0 aliphatic heterocycles. The standard InChI is InChI=1S/C16H27F3O2/c1-6-15(5,16(17,18)19)13(20)21-12-9-7-11(8-10-12)14(2,3)4/h11-12H,6-10H2,1-5H3. The molecule has 0 amide bonds. The molecule has 0 aromatic rings. The Morgan fingerprint density at radius 3 is 1.86 bits per heavy atom. The van der Waals surface area contributed by atoms with Gasteiger partial charge in [0.05, 0.1) is 0 Å². The maximum absolute atomic E-state index is 13.0. The van der Waals surface area contributed by atoms with Crippen LogP contribution >= 0.6 is 0 Å². The molecular weight excluding hydrogens is 281 g/mol. The summed E-state index contributed by atoms with van der Waals surface area (Å²) in [6, 6.07) is 0.